The van der Waals surface area contributed by atoms with E-state index in [4.69, 9.17) is 0 Å². The standard InChI is InChI=1S/C24H33N3O3S/c1-2-3-7-18-31(29,30)20-24(28)25-22-10-12-23(13-11-22)27-16-14-26(15-17-27)19-21-8-5-4-6-9-21/h4-6,8-13H,2-3,7,14-20H2,1H3,(H,25,28). The van der Waals surface area contributed by atoms with E-state index in [1.54, 1.807) is 0 Å². The Morgan fingerprint density at radius 2 is 1.61 bits per heavy atom. The molecule has 0 bridgehead atoms. The van der Waals surface area contributed by atoms with E-state index in [0.717, 1.165) is 51.3 Å². The lowest BCUT2D eigenvalue weighted by molar-refractivity contribution is -0.113. The molecule has 3 rings (SSSR count). The Morgan fingerprint density at radius 3 is 2.26 bits per heavy atom. The second-order valence-corrected chi connectivity index (χ2v) is 10.3. The van der Waals surface area contributed by atoms with Crippen LogP contribution in [0.2, 0.25) is 0 Å². The molecule has 0 spiro atoms. The fraction of sp³-hybridized carbons (Fsp3) is 0.458. The zero-order chi connectivity index (χ0) is 22.1. The van der Waals surface area contributed by atoms with Gasteiger partial charge in [0, 0.05) is 44.1 Å². The van der Waals surface area contributed by atoms with Crippen molar-refractivity contribution in [2.24, 2.45) is 0 Å². The molecule has 1 fully saturated rings. The minimum absolute atomic E-state index is 0.0729. The van der Waals surface area contributed by atoms with Gasteiger partial charge in [0.05, 0.1) is 5.75 Å². The number of nitrogens with one attached hydrogen (secondary N) is 1. The number of rotatable bonds is 10. The van der Waals surface area contributed by atoms with Gasteiger partial charge in [-0.05, 0) is 36.2 Å². The van der Waals surface area contributed by atoms with Crippen molar-refractivity contribution in [3.63, 3.8) is 0 Å². The minimum Gasteiger partial charge on any atom is -0.369 e. The van der Waals surface area contributed by atoms with Crippen LogP contribution in [0, 0.1) is 0 Å². The maximum atomic E-state index is 12.1. The lowest BCUT2D eigenvalue weighted by atomic mass is 10.2. The van der Waals surface area contributed by atoms with Crippen molar-refractivity contribution < 1.29 is 13.2 Å². The molecule has 1 aliphatic heterocycles. The quantitative estimate of drug-likeness (QED) is 0.569. The molecule has 0 aromatic heterocycles. The maximum absolute atomic E-state index is 12.1. The van der Waals surface area contributed by atoms with Gasteiger partial charge in [0.15, 0.2) is 9.84 Å². The monoisotopic (exact) mass is 443 g/mol. The summed E-state index contributed by atoms with van der Waals surface area (Å²) in [5, 5.41) is 2.71. The van der Waals surface area contributed by atoms with E-state index in [0.29, 0.717) is 12.1 Å². The Kier molecular flexibility index (Phi) is 8.49. The Balaban J connectivity index is 1.45. The van der Waals surface area contributed by atoms with E-state index >= 15 is 0 Å². The van der Waals surface area contributed by atoms with Crippen LogP contribution in [0.3, 0.4) is 0 Å². The van der Waals surface area contributed by atoms with E-state index in [1.807, 2.05) is 37.3 Å². The average Bonchev–Trinajstić information content (AvgIpc) is 2.75. The highest BCUT2D eigenvalue weighted by molar-refractivity contribution is 7.92. The van der Waals surface area contributed by atoms with Gasteiger partial charge in [0.1, 0.15) is 5.75 Å². The third kappa shape index (κ3) is 7.67. The second kappa shape index (κ2) is 11.3. The van der Waals surface area contributed by atoms with Gasteiger partial charge in [0.2, 0.25) is 5.91 Å². The van der Waals surface area contributed by atoms with E-state index in [-0.39, 0.29) is 5.75 Å². The Bertz CT molecular complexity index is 922. The van der Waals surface area contributed by atoms with Gasteiger partial charge >= 0.3 is 0 Å². The highest BCUT2D eigenvalue weighted by Gasteiger charge is 2.18. The zero-order valence-corrected chi connectivity index (χ0v) is 19.1. The summed E-state index contributed by atoms with van der Waals surface area (Å²) in [5.41, 5.74) is 3.08. The molecule has 2 aromatic carbocycles. The number of amides is 1. The van der Waals surface area contributed by atoms with Crippen molar-refractivity contribution in [3.05, 3.63) is 60.2 Å². The maximum Gasteiger partial charge on any atom is 0.239 e. The molecule has 1 aliphatic rings. The molecule has 0 aliphatic carbocycles. The van der Waals surface area contributed by atoms with Crippen molar-refractivity contribution in [2.75, 3.05) is 47.9 Å². The molecule has 0 unspecified atom stereocenters. The summed E-state index contributed by atoms with van der Waals surface area (Å²) in [6.45, 7) is 6.91. The lowest BCUT2D eigenvalue weighted by Gasteiger charge is -2.36. The molecule has 6 nitrogen and oxygen atoms in total. The molecular formula is C24H33N3O3S. The van der Waals surface area contributed by atoms with E-state index in [2.05, 4.69) is 39.4 Å². The smallest absolute Gasteiger partial charge is 0.239 e. The number of piperazine rings is 1. The SMILES string of the molecule is CCCCCS(=O)(=O)CC(=O)Nc1ccc(N2CCN(Cc3ccccc3)CC2)cc1. The third-order valence-corrected chi connectivity index (χ3v) is 7.16. The third-order valence-electron chi connectivity index (χ3n) is 5.55. The van der Waals surface area contributed by atoms with Crippen molar-refractivity contribution >= 4 is 27.1 Å². The fourth-order valence-corrected chi connectivity index (χ4v) is 5.06. The molecule has 168 valence electrons. The van der Waals surface area contributed by atoms with Gasteiger partial charge in [-0.1, -0.05) is 50.1 Å². The molecule has 1 saturated heterocycles. The molecule has 2 aromatic rings. The van der Waals surface area contributed by atoms with Gasteiger partial charge < -0.3 is 10.2 Å². The number of hydrogen-bond acceptors (Lipinski definition) is 5. The number of sulfone groups is 1. The van der Waals surface area contributed by atoms with Crippen molar-refractivity contribution in [1.29, 1.82) is 0 Å². The molecular weight excluding hydrogens is 410 g/mol. The predicted molar refractivity (Wildman–Crippen MR) is 127 cm³/mol. The normalized spacial score (nSPS) is 15.1. The predicted octanol–water partition coefficient (Wildman–Crippen LogP) is 3.55. The topological polar surface area (TPSA) is 69.7 Å². The summed E-state index contributed by atoms with van der Waals surface area (Å²) < 4.78 is 24.1. The molecule has 7 heteroatoms. The summed E-state index contributed by atoms with van der Waals surface area (Å²) in [6.07, 6.45) is 2.43. The highest BCUT2D eigenvalue weighted by Crippen LogP contribution is 2.20. The molecule has 1 heterocycles. The van der Waals surface area contributed by atoms with E-state index < -0.39 is 21.5 Å². The molecule has 0 saturated carbocycles. The second-order valence-electron chi connectivity index (χ2n) is 8.14. The van der Waals surface area contributed by atoms with Gasteiger partial charge in [-0.25, -0.2) is 8.42 Å². The first-order chi connectivity index (χ1) is 14.9. The van der Waals surface area contributed by atoms with Crippen LogP contribution in [-0.2, 0) is 21.2 Å². The average molecular weight is 444 g/mol. The van der Waals surface area contributed by atoms with Gasteiger partial charge in [-0.3, -0.25) is 9.69 Å². The number of unbranched alkanes of at least 4 members (excludes halogenated alkanes) is 2. The van der Waals surface area contributed by atoms with Crippen LogP contribution in [0.1, 0.15) is 31.7 Å². The summed E-state index contributed by atoms with van der Waals surface area (Å²) in [4.78, 5) is 16.9. The van der Waals surface area contributed by atoms with Crippen molar-refractivity contribution in [1.82, 2.24) is 4.90 Å². The van der Waals surface area contributed by atoms with Crippen LogP contribution in [0.4, 0.5) is 11.4 Å². The number of hydrogen-bond donors (Lipinski definition) is 1. The molecule has 1 N–H and O–H groups in total. The first kappa shape index (κ1) is 23.3. The van der Waals surface area contributed by atoms with E-state index in [1.165, 1.54) is 5.56 Å². The number of anilines is 2. The first-order valence-corrected chi connectivity index (χ1v) is 12.9. The first-order valence-electron chi connectivity index (χ1n) is 11.1. The molecule has 0 atom stereocenters. The van der Waals surface area contributed by atoms with E-state index in [9.17, 15) is 13.2 Å². The summed E-state index contributed by atoms with van der Waals surface area (Å²) in [7, 11) is -3.35. The van der Waals surface area contributed by atoms with Crippen LogP contribution in [-0.4, -0.2) is 56.9 Å². The Labute approximate surface area is 186 Å². The number of benzene rings is 2. The van der Waals surface area contributed by atoms with Crippen molar-refractivity contribution in [2.45, 2.75) is 32.7 Å². The highest BCUT2D eigenvalue weighted by atomic mass is 32.2. The molecule has 31 heavy (non-hydrogen) atoms. The number of nitrogens with zero attached hydrogens (tertiary/aromatic N) is 2. The minimum atomic E-state index is -3.35. The largest absolute Gasteiger partial charge is 0.369 e. The number of carbonyl (C=O) groups is 1. The van der Waals surface area contributed by atoms with Crippen LogP contribution < -0.4 is 10.2 Å². The zero-order valence-electron chi connectivity index (χ0n) is 18.3. The Morgan fingerprint density at radius 1 is 0.935 bits per heavy atom. The lowest BCUT2D eigenvalue weighted by Crippen LogP contribution is -2.45. The fourth-order valence-electron chi connectivity index (χ4n) is 3.80. The van der Waals surface area contributed by atoms with Crippen LogP contribution in [0.5, 0.6) is 0 Å². The van der Waals surface area contributed by atoms with Gasteiger partial charge in [-0.2, -0.15) is 0 Å². The molecule has 1 amide bonds. The van der Waals surface area contributed by atoms with Crippen molar-refractivity contribution in [3.8, 4) is 0 Å². The van der Waals surface area contributed by atoms with Crippen LogP contribution in [0.25, 0.3) is 0 Å². The van der Waals surface area contributed by atoms with Crippen LogP contribution in [0.15, 0.2) is 54.6 Å². The Hall–Kier alpha value is -2.38. The summed E-state index contributed by atoms with van der Waals surface area (Å²) in [5.74, 6) is -0.857. The van der Waals surface area contributed by atoms with Crippen LogP contribution >= 0.6 is 0 Å². The van der Waals surface area contributed by atoms with Gasteiger partial charge in [-0.15, -0.1) is 0 Å². The molecule has 0 radical (unpaired) electrons. The summed E-state index contributed by atoms with van der Waals surface area (Å²) >= 11 is 0. The number of carbonyl (C=O) groups excluding carboxylic acids is 1. The van der Waals surface area contributed by atoms with Gasteiger partial charge in [0.25, 0.3) is 0 Å². The summed E-state index contributed by atoms with van der Waals surface area (Å²) in [6, 6.07) is 18.2.